The van der Waals surface area contributed by atoms with Crippen LogP contribution in [0.15, 0.2) is 42.5 Å². The maximum atomic E-state index is 13.9. The lowest BCUT2D eigenvalue weighted by molar-refractivity contribution is -0.126. The average molecular weight is 408 g/mol. The van der Waals surface area contributed by atoms with E-state index < -0.39 is 15.1 Å². The molecule has 0 unspecified atom stereocenters. The van der Waals surface area contributed by atoms with Crippen LogP contribution in [-0.2, 0) is 14.6 Å². The van der Waals surface area contributed by atoms with E-state index in [2.05, 4.69) is 0 Å². The summed E-state index contributed by atoms with van der Waals surface area (Å²) in [5.41, 5.74) is 0.535. The van der Waals surface area contributed by atoms with Crippen LogP contribution in [0.3, 0.4) is 0 Å². The molecule has 144 valence electrons. The normalized spacial score (nSPS) is 20.3. The van der Waals surface area contributed by atoms with E-state index in [1.165, 1.54) is 34.6 Å². The first-order chi connectivity index (χ1) is 12.8. The van der Waals surface area contributed by atoms with Crippen molar-refractivity contribution in [1.82, 2.24) is 4.90 Å². The topological polar surface area (TPSA) is 54.5 Å². The molecule has 4 nitrogen and oxygen atoms in total. The Labute approximate surface area is 163 Å². The quantitative estimate of drug-likeness (QED) is 0.704. The Balaban J connectivity index is 1.71. The summed E-state index contributed by atoms with van der Waals surface area (Å²) in [5.74, 6) is -0.505. The van der Waals surface area contributed by atoms with Gasteiger partial charge in [0.2, 0.25) is 5.91 Å². The van der Waals surface area contributed by atoms with Gasteiger partial charge >= 0.3 is 0 Å². The number of nitrogens with zero attached hydrogens (tertiary/aromatic N) is 1. The summed E-state index contributed by atoms with van der Waals surface area (Å²) >= 11 is 1.40. The van der Waals surface area contributed by atoms with Gasteiger partial charge in [0.1, 0.15) is 5.82 Å². The minimum absolute atomic E-state index is 0.226. The molecule has 7 heteroatoms. The highest BCUT2D eigenvalue weighted by atomic mass is 32.2. The number of benzene rings is 1. The molecule has 1 aromatic heterocycles. The number of carbonyl (C=O) groups is 1. The molecule has 1 heterocycles. The van der Waals surface area contributed by atoms with Crippen LogP contribution in [0.5, 0.6) is 0 Å². The summed E-state index contributed by atoms with van der Waals surface area (Å²) in [6.45, 7) is 0. The van der Waals surface area contributed by atoms with Gasteiger partial charge in [-0.2, -0.15) is 0 Å². The number of rotatable bonds is 5. The van der Waals surface area contributed by atoms with Crippen molar-refractivity contribution in [2.75, 3.05) is 13.3 Å². The molecule has 2 atom stereocenters. The van der Waals surface area contributed by atoms with Crippen LogP contribution in [0.4, 0.5) is 4.39 Å². The molecule has 3 rings (SSSR count). The van der Waals surface area contributed by atoms with Crippen molar-refractivity contribution < 1.29 is 17.6 Å². The highest BCUT2D eigenvalue weighted by Crippen LogP contribution is 2.31. The summed E-state index contributed by atoms with van der Waals surface area (Å²) in [6, 6.07) is 9.95. The number of carbonyl (C=O) groups excluding carboxylic acids is 1. The molecule has 0 saturated heterocycles. The molecular weight excluding hydrogens is 385 g/mol. The van der Waals surface area contributed by atoms with Crippen LogP contribution in [-0.4, -0.2) is 43.8 Å². The molecule has 27 heavy (non-hydrogen) atoms. The van der Waals surface area contributed by atoms with Crippen LogP contribution in [0.2, 0.25) is 0 Å². The number of thiophene rings is 1. The Hall–Kier alpha value is -1.99. The van der Waals surface area contributed by atoms with E-state index >= 15 is 0 Å². The fraction of sp³-hybridized carbons (Fsp3) is 0.350. The van der Waals surface area contributed by atoms with Crippen molar-refractivity contribution in [2.45, 2.75) is 30.6 Å². The van der Waals surface area contributed by atoms with E-state index in [1.54, 1.807) is 31.3 Å². The SMILES string of the molecule is CN(C(=O)/C=C\c1ccc(-c2ccccc2F)s1)[C@@H]1CCC[C@H]1S(C)(=O)=O. The van der Waals surface area contributed by atoms with Gasteiger partial charge in [0, 0.05) is 40.7 Å². The minimum Gasteiger partial charge on any atom is -0.338 e. The third-order valence-electron chi connectivity index (χ3n) is 4.97. The fourth-order valence-electron chi connectivity index (χ4n) is 3.53. The van der Waals surface area contributed by atoms with E-state index in [9.17, 15) is 17.6 Å². The summed E-state index contributed by atoms with van der Waals surface area (Å²) < 4.78 is 37.7. The lowest BCUT2D eigenvalue weighted by Gasteiger charge is -2.27. The number of hydrogen-bond donors (Lipinski definition) is 0. The van der Waals surface area contributed by atoms with Gasteiger partial charge in [0.15, 0.2) is 9.84 Å². The molecule has 0 aliphatic heterocycles. The molecule has 0 radical (unpaired) electrons. The van der Waals surface area contributed by atoms with E-state index in [4.69, 9.17) is 0 Å². The number of sulfone groups is 1. The van der Waals surface area contributed by atoms with E-state index in [0.29, 0.717) is 18.4 Å². The van der Waals surface area contributed by atoms with Gasteiger partial charge in [-0.15, -0.1) is 11.3 Å². The van der Waals surface area contributed by atoms with E-state index in [-0.39, 0.29) is 17.8 Å². The zero-order chi connectivity index (χ0) is 19.6. The lowest BCUT2D eigenvalue weighted by Crippen LogP contribution is -2.43. The molecule has 1 amide bonds. The van der Waals surface area contributed by atoms with Gasteiger partial charge in [-0.1, -0.05) is 18.2 Å². The fourth-order valence-corrected chi connectivity index (χ4v) is 5.95. The Kier molecular flexibility index (Phi) is 5.81. The van der Waals surface area contributed by atoms with Crippen LogP contribution in [0, 0.1) is 5.82 Å². The molecule has 1 aromatic carbocycles. The molecule has 0 N–H and O–H groups in total. The maximum Gasteiger partial charge on any atom is 0.246 e. The second-order valence-electron chi connectivity index (χ2n) is 6.83. The first-order valence-corrected chi connectivity index (χ1v) is 11.5. The van der Waals surface area contributed by atoms with Gasteiger partial charge in [0.05, 0.1) is 5.25 Å². The van der Waals surface area contributed by atoms with Gasteiger partial charge in [-0.3, -0.25) is 4.79 Å². The number of hydrogen-bond acceptors (Lipinski definition) is 4. The third-order valence-corrected chi connectivity index (χ3v) is 7.70. The largest absolute Gasteiger partial charge is 0.338 e. The second-order valence-corrected chi connectivity index (χ2v) is 10.2. The molecule has 1 aliphatic rings. The van der Waals surface area contributed by atoms with Gasteiger partial charge in [0.25, 0.3) is 0 Å². The van der Waals surface area contributed by atoms with Crippen LogP contribution in [0.25, 0.3) is 16.5 Å². The highest BCUT2D eigenvalue weighted by Gasteiger charge is 2.38. The van der Waals surface area contributed by atoms with Crippen LogP contribution < -0.4 is 0 Å². The predicted molar refractivity (Wildman–Crippen MR) is 108 cm³/mol. The molecule has 0 bridgehead atoms. The van der Waals surface area contributed by atoms with Crippen molar-refractivity contribution in [3.63, 3.8) is 0 Å². The highest BCUT2D eigenvalue weighted by molar-refractivity contribution is 7.91. The summed E-state index contributed by atoms with van der Waals surface area (Å²) in [5, 5.41) is -0.491. The van der Waals surface area contributed by atoms with E-state index in [1.807, 2.05) is 12.1 Å². The molecule has 1 saturated carbocycles. The Bertz CT molecular complexity index is 965. The number of likely N-dealkylation sites (N-methyl/N-ethyl adjacent to an activating group) is 1. The molecule has 0 spiro atoms. The van der Waals surface area contributed by atoms with Crippen molar-refractivity contribution in [3.8, 4) is 10.4 Å². The standard InChI is InChI=1S/C20H22FNO3S2/c1-22(17-8-5-9-19(17)27(2,24)25)20(23)13-11-14-10-12-18(26-14)15-6-3-4-7-16(15)21/h3-4,6-7,10-13,17,19H,5,8-9H2,1-2H3/b13-11-/t17-,19-/m1/s1. The van der Waals surface area contributed by atoms with Crippen molar-refractivity contribution in [1.29, 1.82) is 0 Å². The smallest absolute Gasteiger partial charge is 0.246 e. The Morgan fingerprint density at radius 2 is 1.96 bits per heavy atom. The van der Waals surface area contributed by atoms with E-state index in [0.717, 1.165) is 16.2 Å². The Morgan fingerprint density at radius 1 is 1.22 bits per heavy atom. The zero-order valence-corrected chi connectivity index (χ0v) is 16.9. The lowest BCUT2D eigenvalue weighted by atomic mass is 10.2. The maximum absolute atomic E-state index is 13.9. The molecule has 1 aliphatic carbocycles. The van der Waals surface area contributed by atoms with Crippen molar-refractivity contribution >= 4 is 33.2 Å². The molecule has 2 aromatic rings. The molecular formula is C20H22FNO3S2. The van der Waals surface area contributed by atoms with Gasteiger partial charge in [-0.25, -0.2) is 12.8 Å². The van der Waals surface area contributed by atoms with Crippen molar-refractivity contribution in [3.05, 3.63) is 53.2 Å². The Morgan fingerprint density at radius 3 is 2.67 bits per heavy atom. The monoisotopic (exact) mass is 407 g/mol. The summed E-state index contributed by atoms with van der Waals surface area (Å²) in [6.07, 6.45) is 6.49. The molecule has 1 fully saturated rings. The first kappa shape index (κ1) is 19.8. The second kappa shape index (κ2) is 7.94. The summed E-state index contributed by atoms with van der Waals surface area (Å²) in [7, 11) is -1.53. The summed E-state index contributed by atoms with van der Waals surface area (Å²) in [4.78, 5) is 15.7. The van der Waals surface area contributed by atoms with Crippen LogP contribution in [0.1, 0.15) is 24.1 Å². The number of halogens is 1. The van der Waals surface area contributed by atoms with Gasteiger partial charge in [-0.05, 0) is 43.5 Å². The average Bonchev–Trinajstić information content (AvgIpc) is 3.28. The van der Waals surface area contributed by atoms with Crippen LogP contribution >= 0.6 is 11.3 Å². The third kappa shape index (κ3) is 4.47. The predicted octanol–water partition coefficient (Wildman–Crippen LogP) is 3.99. The van der Waals surface area contributed by atoms with Gasteiger partial charge < -0.3 is 4.90 Å². The van der Waals surface area contributed by atoms with Crippen molar-refractivity contribution in [2.24, 2.45) is 0 Å². The first-order valence-electron chi connectivity index (χ1n) is 8.76. The number of amides is 1. The minimum atomic E-state index is -3.18. The zero-order valence-electron chi connectivity index (χ0n) is 15.3.